The molecule has 31 heteroatoms. The summed E-state index contributed by atoms with van der Waals surface area (Å²) in [4.78, 5) is 145. The fourth-order valence-electron chi connectivity index (χ4n) is 17.6. The van der Waals surface area contributed by atoms with E-state index in [0.29, 0.717) is 170 Å². The molecule has 24 bridgehead atoms. The Kier molecular flexibility index (Phi) is 17.2. The summed E-state index contributed by atoms with van der Waals surface area (Å²) in [5, 5.41) is 44.8. The summed E-state index contributed by atoms with van der Waals surface area (Å²) >= 11 is 0. The van der Waals surface area contributed by atoms with Gasteiger partial charge in [-0.05, 0) is 0 Å². The molecular formula is C99H51AuN24O6. The molecule has 0 aliphatic carbocycles. The molecule has 12 aromatic carbocycles. The largest absolute Gasteiger partial charge is 3.00 e. The molecule has 9 aromatic heterocycles. The maximum atomic E-state index is 12.2. The van der Waals surface area contributed by atoms with Crippen LogP contribution in [0.4, 0.5) is 0 Å². The first-order valence-corrected chi connectivity index (χ1v) is 40.7. The minimum absolute atomic E-state index is 0. The number of nitrogens with one attached hydrogen (secondary N) is 6. The second-order valence-corrected chi connectivity index (χ2v) is 30.8. The Bertz CT molecular complexity index is 8370. The number of carbonyl (C=O) groups is 3. The van der Waals surface area contributed by atoms with Gasteiger partial charge in [-0.25, -0.2) is 89.7 Å². The van der Waals surface area contributed by atoms with Crippen molar-refractivity contribution in [3.63, 3.8) is 0 Å². The van der Waals surface area contributed by atoms with Crippen LogP contribution >= 0.6 is 0 Å². The van der Waals surface area contributed by atoms with Crippen LogP contribution in [0.25, 0.3) is 269 Å². The van der Waals surface area contributed by atoms with Crippen LogP contribution in [0.5, 0.6) is 0 Å². The van der Waals surface area contributed by atoms with Gasteiger partial charge in [-0.3, -0.25) is 0 Å². The van der Waals surface area contributed by atoms with E-state index in [9.17, 15) is 29.7 Å². The molecule has 21 aromatic rings. The predicted octanol–water partition coefficient (Wildman–Crippen LogP) is 15.7. The Morgan fingerprint density at radius 1 is 0.162 bits per heavy atom. The van der Waals surface area contributed by atoms with Crippen molar-refractivity contribution in [2.75, 3.05) is 0 Å². The van der Waals surface area contributed by atoms with E-state index < -0.39 is 17.9 Å². The third-order valence-electron chi connectivity index (χ3n) is 23.4. The van der Waals surface area contributed by atoms with E-state index in [0.717, 1.165) is 99.1 Å². The SMILES string of the molecule is O=C([O-])c1cccc2c3nc4nc(nc5[nH]c(nc6nc(nc([nH]3)c12)-c1ccccc1-6)c1ccccc51)-c1ccccc1-4.O=C([O-])c1cccc2c3nc4nc(nc5[nH]c(nc6nc(nc([nH]3)c12)-c1ccccc1-6)c1ccccc51)-c1ccccc1-4.O=C([O-])c1cccc2c3nc4nc(nc5[nH]c(nc6nc(nc([nH]3)c12)-c1ccccc1-6)c1ccccc51)-c1ccccc1-4.[Au+3]. The number of carboxylic acids is 3. The molecule has 0 spiro atoms. The third-order valence-corrected chi connectivity index (χ3v) is 23.4. The molecule has 130 heavy (non-hydrogen) atoms. The van der Waals surface area contributed by atoms with E-state index in [4.69, 9.17) is 89.7 Å². The number of hydrogen-bond acceptors (Lipinski definition) is 24. The summed E-state index contributed by atoms with van der Waals surface area (Å²) in [5.74, 6) is 1.45. The van der Waals surface area contributed by atoms with Crippen molar-refractivity contribution in [2.24, 2.45) is 0 Å². The second-order valence-electron chi connectivity index (χ2n) is 30.8. The van der Waals surface area contributed by atoms with Crippen molar-refractivity contribution >= 4 is 150 Å². The number of rotatable bonds is 3. The number of H-pyrrole nitrogens is 6. The average Bonchev–Trinajstić information content (AvgIpc) is 1.60. The number of aromatic carboxylic acids is 3. The number of carboxylic acid groups (broad SMARTS) is 3. The van der Waals surface area contributed by atoms with Crippen LogP contribution in [0, 0.1) is 0 Å². The van der Waals surface area contributed by atoms with E-state index in [-0.39, 0.29) is 39.1 Å². The van der Waals surface area contributed by atoms with E-state index in [1.54, 1.807) is 36.4 Å². The van der Waals surface area contributed by atoms with Crippen molar-refractivity contribution in [2.45, 2.75) is 0 Å². The second kappa shape index (κ2) is 29.5. The van der Waals surface area contributed by atoms with Crippen LogP contribution in [-0.4, -0.2) is 138 Å². The molecule has 6 N–H and O–H groups in total. The maximum Gasteiger partial charge on any atom is 3.00 e. The molecule has 0 saturated heterocycles. The Balaban J connectivity index is 0.000000108. The molecule has 0 fully saturated rings. The fourth-order valence-corrected chi connectivity index (χ4v) is 17.6. The summed E-state index contributed by atoms with van der Waals surface area (Å²) in [5.41, 5.74) is 15.3. The van der Waals surface area contributed by atoms with Crippen molar-refractivity contribution < 1.29 is 52.1 Å². The van der Waals surface area contributed by atoms with Crippen LogP contribution in [0.2, 0.25) is 0 Å². The van der Waals surface area contributed by atoms with E-state index in [2.05, 4.69) is 29.9 Å². The van der Waals surface area contributed by atoms with Crippen LogP contribution in [0.1, 0.15) is 31.1 Å². The Labute approximate surface area is 743 Å². The van der Waals surface area contributed by atoms with Gasteiger partial charge in [0.1, 0.15) is 67.8 Å². The van der Waals surface area contributed by atoms with Crippen molar-refractivity contribution in [3.05, 3.63) is 290 Å². The number of fused-ring (bicyclic) bond motifs is 60. The van der Waals surface area contributed by atoms with Gasteiger partial charge in [0.05, 0.1) is 17.9 Å². The number of aromatic amines is 6. The monoisotopic (exact) mass is 1870 g/mol. The van der Waals surface area contributed by atoms with Crippen LogP contribution in [0.15, 0.2) is 273 Å². The topological polar surface area (TPSA) is 447 Å². The molecule has 6 aliphatic rings. The van der Waals surface area contributed by atoms with Crippen molar-refractivity contribution in [1.82, 2.24) is 120 Å². The normalized spacial score (nSPS) is 11.8. The number of carbonyl (C=O) groups excluding carboxylic acids is 3. The van der Waals surface area contributed by atoms with Crippen molar-refractivity contribution in [1.29, 1.82) is 0 Å². The predicted molar refractivity (Wildman–Crippen MR) is 481 cm³/mol. The first-order chi connectivity index (χ1) is 63.4. The molecule has 0 atom stereocenters. The van der Waals surface area contributed by atoms with Gasteiger partial charge < -0.3 is 59.6 Å². The van der Waals surface area contributed by atoms with Gasteiger partial charge in [-0.15, -0.1) is 0 Å². The molecule has 30 nitrogen and oxygen atoms in total. The summed E-state index contributed by atoms with van der Waals surface area (Å²) in [6.45, 7) is 0. The van der Waals surface area contributed by atoms with E-state index >= 15 is 0 Å². The number of nitrogens with zero attached hydrogens (tertiary/aromatic N) is 18. The third kappa shape index (κ3) is 12.2. The zero-order chi connectivity index (χ0) is 86.0. The standard InChI is InChI=1S/3C33H18N8O2.Au/c3*42-33(43)23-15-7-14-22-24(23)32-40-30-21-13-6-5-12-20(21)28(38-30)36-26-17-9-2-1-8-16(17)25(34-26)35-27-18-10-3-4-11-19(18)29(37-27)39-31(22)41-32;/h3*1-15H,(H,42,43)(H2,34,35,36,37,38,39,40,41);/q;;;+3/p-3. The summed E-state index contributed by atoms with van der Waals surface area (Å²) in [6, 6.07) is 84.7. The molecule has 15 heterocycles. The molecule has 27 rings (SSSR count). The van der Waals surface area contributed by atoms with E-state index in [1.165, 1.54) is 18.2 Å². The maximum absolute atomic E-state index is 12.2. The average molecular weight is 1870 g/mol. The van der Waals surface area contributed by atoms with Gasteiger partial charge in [-0.1, -0.05) is 273 Å². The quantitative estimate of drug-likeness (QED) is 0.0895. The smallest absolute Gasteiger partial charge is 0.545 e. The molecule has 6 aliphatic heterocycles. The minimum atomic E-state index is -1.32. The van der Waals surface area contributed by atoms with Crippen LogP contribution in [-0.2, 0) is 22.4 Å². The first-order valence-electron chi connectivity index (χ1n) is 40.7. The zero-order valence-corrected chi connectivity index (χ0v) is 68.9. The first kappa shape index (κ1) is 75.6. The summed E-state index contributed by atoms with van der Waals surface area (Å²) in [7, 11) is 0. The summed E-state index contributed by atoms with van der Waals surface area (Å²) < 4.78 is 0. The van der Waals surface area contributed by atoms with Gasteiger partial charge in [0.25, 0.3) is 0 Å². The van der Waals surface area contributed by atoms with Gasteiger partial charge in [-0.2, -0.15) is 0 Å². The van der Waals surface area contributed by atoms with Crippen LogP contribution < -0.4 is 15.3 Å². The molecule has 0 amide bonds. The molecular weight excluding hydrogens is 1820 g/mol. The van der Waals surface area contributed by atoms with Gasteiger partial charge in [0.15, 0.2) is 69.9 Å². The fraction of sp³-hybridized carbons (Fsp3) is 0. The van der Waals surface area contributed by atoms with Gasteiger partial charge in [0, 0.05) is 148 Å². The number of hydrogen-bond donors (Lipinski definition) is 6. The Morgan fingerprint density at radius 2 is 0.292 bits per heavy atom. The van der Waals surface area contributed by atoms with Gasteiger partial charge in [0.2, 0.25) is 0 Å². The van der Waals surface area contributed by atoms with Gasteiger partial charge >= 0.3 is 22.4 Å². The Morgan fingerprint density at radius 3 is 0.454 bits per heavy atom. The zero-order valence-electron chi connectivity index (χ0n) is 66.8. The molecule has 0 radical (unpaired) electrons. The minimum Gasteiger partial charge on any atom is -0.545 e. The van der Waals surface area contributed by atoms with Crippen molar-refractivity contribution in [3.8, 4) is 137 Å². The Hall–Kier alpha value is -18.1. The summed E-state index contributed by atoms with van der Waals surface area (Å²) in [6.07, 6.45) is 0. The van der Waals surface area contributed by atoms with E-state index in [1.807, 2.05) is 218 Å². The number of benzene rings is 12. The molecule has 0 saturated carbocycles. The molecule has 0 unspecified atom stereocenters. The van der Waals surface area contributed by atoms with Crippen LogP contribution in [0.3, 0.4) is 0 Å². The number of aromatic nitrogens is 24. The molecule has 614 valence electrons.